The first-order valence-corrected chi connectivity index (χ1v) is 9.80. The number of thioether (sulfide) groups is 1. The Bertz CT molecular complexity index is 842. The van der Waals surface area contributed by atoms with Crippen molar-refractivity contribution in [2.75, 3.05) is 5.75 Å². The molecule has 1 aliphatic carbocycles. The van der Waals surface area contributed by atoms with Crippen LogP contribution in [0.2, 0.25) is 0 Å². The van der Waals surface area contributed by atoms with Gasteiger partial charge in [0.15, 0.2) is 0 Å². The van der Waals surface area contributed by atoms with E-state index in [9.17, 15) is 0 Å². The molecule has 0 bridgehead atoms. The van der Waals surface area contributed by atoms with E-state index in [1.54, 1.807) is 0 Å². The predicted octanol–water partition coefficient (Wildman–Crippen LogP) is 1.72. The second kappa shape index (κ2) is 17.2. The normalized spacial score (nSPS) is 10.6. The Balaban J connectivity index is 0. The van der Waals surface area contributed by atoms with E-state index in [2.05, 4.69) is 80.8 Å². The van der Waals surface area contributed by atoms with Crippen LogP contribution in [0, 0.1) is 6.08 Å². The predicted molar refractivity (Wildman–Crippen MR) is 116 cm³/mol. The largest absolute Gasteiger partial charge is 4.00 e. The van der Waals surface area contributed by atoms with Crippen molar-refractivity contribution in [1.82, 2.24) is 0 Å². The average Bonchev–Trinajstić information content (AvgIpc) is 3.35. The topological polar surface area (TPSA) is 0 Å². The van der Waals surface area contributed by atoms with Crippen molar-refractivity contribution in [3.8, 4) is 0 Å². The molecule has 3 aromatic carbocycles. The molecule has 0 heterocycles. The molecule has 0 fully saturated rings. The standard InChI is InChI=1S/C17H17S.C5H5.C2H4.2ClH.Zr/c1-2-3-11-18-16-10-6-8-14-12-13-7-4-5-9-15(13)17(14)16;1-2-4-5-3-1;1-2;;;/h4-10,12H,2-3,11H2,1H3;1-3H,4H2;1-2H2;2*1H;/q2*-1;;;;+4/p-2. The molecule has 0 radical (unpaired) electrons. The summed E-state index contributed by atoms with van der Waals surface area (Å²) in [6.45, 7) is 8.25. The van der Waals surface area contributed by atoms with Gasteiger partial charge in [0.1, 0.15) is 0 Å². The van der Waals surface area contributed by atoms with Crippen LogP contribution in [0.5, 0.6) is 0 Å². The van der Waals surface area contributed by atoms with Gasteiger partial charge in [-0.2, -0.15) is 6.08 Å². The van der Waals surface area contributed by atoms with Gasteiger partial charge >= 0.3 is 26.2 Å². The first kappa shape index (κ1) is 29.5. The van der Waals surface area contributed by atoms with Crippen molar-refractivity contribution in [2.45, 2.75) is 31.1 Å². The van der Waals surface area contributed by atoms with Gasteiger partial charge in [-0.25, -0.2) is 12.2 Å². The molecule has 4 heteroatoms. The summed E-state index contributed by atoms with van der Waals surface area (Å²) in [6, 6.07) is 17.6. The van der Waals surface area contributed by atoms with E-state index in [4.69, 9.17) is 0 Å². The molecule has 0 spiro atoms. The third kappa shape index (κ3) is 8.38. The number of benzene rings is 2. The van der Waals surface area contributed by atoms with E-state index in [1.165, 1.54) is 45.0 Å². The number of allylic oxidation sites excluding steroid dienone is 4. The molecule has 0 N–H and O–H groups in total. The minimum atomic E-state index is 0. The van der Waals surface area contributed by atoms with Gasteiger partial charge in [0, 0.05) is 0 Å². The zero-order valence-corrected chi connectivity index (χ0v) is 21.0. The molecule has 1 aliphatic rings. The van der Waals surface area contributed by atoms with Crippen LogP contribution in [0.4, 0.5) is 0 Å². The zero-order chi connectivity index (χ0) is 17.9. The van der Waals surface area contributed by atoms with Gasteiger partial charge < -0.3 is 24.8 Å². The summed E-state index contributed by atoms with van der Waals surface area (Å²) < 4.78 is 0. The Hall–Kier alpha value is -0.657. The number of unbranched alkanes of at least 4 members (excludes halogenated alkanes) is 1. The maximum Gasteiger partial charge on any atom is 4.00 e. The van der Waals surface area contributed by atoms with E-state index in [-0.39, 0.29) is 51.0 Å². The summed E-state index contributed by atoms with van der Waals surface area (Å²) in [4.78, 5) is 1.43. The van der Waals surface area contributed by atoms with Crippen LogP contribution in [0.3, 0.4) is 0 Å². The molecule has 3 aromatic rings. The molecular weight excluding hydrogens is 482 g/mol. The van der Waals surface area contributed by atoms with Gasteiger partial charge in [-0.15, -0.1) is 65.7 Å². The summed E-state index contributed by atoms with van der Waals surface area (Å²) in [6.07, 6.45) is 12.6. The van der Waals surface area contributed by atoms with Crippen LogP contribution in [-0.2, 0) is 26.2 Å². The molecule has 0 aromatic heterocycles. The van der Waals surface area contributed by atoms with Crippen LogP contribution in [0.25, 0.3) is 21.5 Å². The van der Waals surface area contributed by atoms with Crippen molar-refractivity contribution in [3.05, 3.63) is 86.0 Å². The molecule has 0 aliphatic heterocycles. The van der Waals surface area contributed by atoms with Crippen molar-refractivity contribution < 1.29 is 51.0 Å². The van der Waals surface area contributed by atoms with Gasteiger partial charge in [-0.3, -0.25) is 6.08 Å². The van der Waals surface area contributed by atoms with Crippen molar-refractivity contribution >= 4 is 33.3 Å². The monoisotopic (exact) mass is 506 g/mol. The minimum Gasteiger partial charge on any atom is -1.00 e. The van der Waals surface area contributed by atoms with E-state index in [1.807, 2.05) is 23.9 Å². The van der Waals surface area contributed by atoms with E-state index < -0.39 is 0 Å². The van der Waals surface area contributed by atoms with Crippen LogP contribution >= 0.6 is 11.8 Å². The summed E-state index contributed by atoms with van der Waals surface area (Å²) in [5, 5.41) is 5.56. The number of hydrogen-bond acceptors (Lipinski definition) is 1. The number of halogens is 2. The Morgan fingerprint density at radius 1 is 1.04 bits per heavy atom. The Kier molecular flexibility index (Phi) is 18.2. The smallest absolute Gasteiger partial charge is 1.00 e. The summed E-state index contributed by atoms with van der Waals surface area (Å²) in [5.41, 5.74) is 0. The zero-order valence-electron chi connectivity index (χ0n) is 16.3. The first-order chi connectivity index (χ1) is 12.4. The third-order valence-corrected chi connectivity index (χ3v) is 5.08. The van der Waals surface area contributed by atoms with Crippen molar-refractivity contribution in [3.63, 3.8) is 0 Å². The number of hydrogen-bond donors (Lipinski definition) is 0. The maximum absolute atomic E-state index is 3.00. The molecule has 0 saturated carbocycles. The molecule has 0 saturated heterocycles. The molecule has 146 valence electrons. The minimum absolute atomic E-state index is 0. The fraction of sp³-hybridized carbons (Fsp3) is 0.208. The quantitative estimate of drug-likeness (QED) is 0.224. The van der Waals surface area contributed by atoms with Gasteiger partial charge in [0.25, 0.3) is 0 Å². The van der Waals surface area contributed by atoms with Gasteiger partial charge in [-0.05, 0) is 17.1 Å². The SMILES string of the molecule is C=C.CCCCSc1cccc2[cH-]c3ccccc3c12.[C-]1=CC=CC1.[Cl-].[Cl-].[Zr+4]. The summed E-state index contributed by atoms with van der Waals surface area (Å²) >= 11 is 1.99. The summed E-state index contributed by atoms with van der Waals surface area (Å²) in [7, 11) is 0. The van der Waals surface area contributed by atoms with Crippen LogP contribution < -0.4 is 24.8 Å². The Morgan fingerprint density at radius 3 is 2.36 bits per heavy atom. The third-order valence-electron chi connectivity index (χ3n) is 3.94. The fourth-order valence-electron chi connectivity index (χ4n) is 2.76. The molecule has 0 amide bonds. The second-order valence-corrected chi connectivity index (χ2v) is 6.79. The van der Waals surface area contributed by atoms with Crippen LogP contribution in [-0.4, -0.2) is 5.75 Å². The maximum atomic E-state index is 3.00. The molecule has 4 rings (SSSR count). The van der Waals surface area contributed by atoms with E-state index >= 15 is 0 Å². The number of fused-ring (bicyclic) bond motifs is 3. The number of rotatable bonds is 4. The Labute approximate surface area is 205 Å². The molecular formula is C24H26Cl2SZr. The van der Waals surface area contributed by atoms with Gasteiger partial charge in [-0.1, -0.05) is 49.1 Å². The molecule has 0 atom stereocenters. The van der Waals surface area contributed by atoms with E-state index in [0.717, 1.165) is 6.42 Å². The van der Waals surface area contributed by atoms with Crippen molar-refractivity contribution in [2.24, 2.45) is 0 Å². The van der Waals surface area contributed by atoms with Gasteiger partial charge in [0.05, 0.1) is 0 Å². The molecule has 0 unspecified atom stereocenters. The summed E-state index contributed by atoms with van der Waals surface area (Å²) in [5.74, 6) is 1.22. The van der Waals surface area contributed by atoms with Gasteiger partial charge in [0.2, 0.25) is 0 Å². The molecule has 28 heavy (non-hydrogen) atoms. The van der Waals surface area contributed by atoms with E-state index in [0.29, 0.717) is 0 Å². The van der Waals surface area contributed by atoms with Crippen molar-refractivity contribution in [1.29, 1.82) is 0 Å². The first-order valence-electron chi connectivity index (χ1n) is 8.82. The second-order valence-electron chi connectivity index (χ2n) is 5.66. The Morgan fingerprint density at radius 2 is 1.75 bits per heavy atom. The molecule has 0 nitrogen and oxygen atoms in total. The average molecular weight is 509 g/mol. The van der Waals surface area contributed by atoms with Crippen LogP contribution in [0.15, 0.2) is 84.8 Å². The fourth-order valence-corrected chi connectivity index (χ4v) is 3.96. The van der Waals surface area contributed by atoms with Crippen LogP contribution in [0.1, 0.15) is 26.2 Å².